The number of benzene rings is 1. The van der Waals surface area contributed by atoms with E-state index in [9.17, 15) is 0 Å². The van der Waals surface area contributed by atoms with Crippen LogP contribution >= 0.6 is 15.9 Å². The van der Waals surface area contributed by atoms with Gasteiger partial charge >= 0.3 is 0 Å². The maximum absolute atomic E-state index is 4.46. The number of halogens is 1. The fraction of sp³-hybridized carbons (Fsp3) is 0.200. The summed E-state index contributed by atoms with van der Waals surface area (Å²) in [6.07, 6.45) is 5.58. The minimum absolute atomic E-state index is 0.243. The fourth-order valence-electron chi connectivity index (χ4n) is 2.25. The molecule has 0 bridgehead atoms. The average molecular weight is 331 g/mol. The molecule has 0 saturated heterocycles. The van der Waals surface area contributed by atoms with E-state index in [-0.39, 0.29) is 6.04 Å². The first kappa shape index (κ1) is 13.1. The lowest BCUT2D eigenvalue weighted by atomic mass is 10.1. The average Bonchev–Trinajstić information content (AvgIpc) is 2.93. The molecule has 0 aliphatic rings. The number of rotatable bonds is 4. The molecular weight excluding hydrogens is 316 g/mol. The van der Waals surface area contributed by atoms with Crippen molar-refractivity contribution >= 4 is 32.5 Å². The second-order valence-corrected chi connectivity index (χ2v) is 5.62. The molecule has 0 radical (unpaired) electrons. The summed E-state index contributed by atoms with van der Waals surface area (Å²) in [7, 11) is 0. The second-order valence-electron chi connectivity index (χ2n) is 4.77. The summed E-state index contributed by atoms with van der Waals surface area (Å²) < 4.78 is 3.00. The Bertz CT molecular complexity index is 709. The van der Waals surface area contributed by atoms with Crippen LogP contribution < -0.4 is 5.32 Å². The lowest BCUT2D eigenvalue weighted by Gasteiger charge is -2.16. The zero-order valence-corrected chi connectivity index (χ0v) is 12.7. The third kappa shape index (κ3) is 2.67. The van der Waals surface area contributed by atoms with Crippen molar-refractivity contribution in [1.82, 2.24) is 14.8 Å². The third-order valence-electron chi connectivity index (χ3n) is 3.16. The molecule has 0 amide bonds. The third-order valence-corrected chi connectivity index (χ3v) is 3.85. The van der Waals surface area contributed by atoms with Crippen LogP contribution in [0.2, 0.25) is 0 Å². The topological polar surface area (TPSA) is 42.7 Å². The number of pyridine rings is 1. The Labute approximate surface area is 126 Å². The van der Waals surface area contributed by atoms with E-state index < -0.39 is 0 Å². The van der Waals surface area contributed by atoms with E-state index in [0.717, 1.165) is 27.6 Å². The van der Waals surface area contributed by atoms with E-state index in [1.165, 1.54) is 0 Å². The van der Waals surface area contributed by atoms with Gasteiger partial charge in [-0.2, -0.15) is 5.10 Å². The molecule has 1 aromatic carbocycles. The van der Waals surface area contributed by atoms with Crippen LogP contribution in [-0.4, -0.2) is 20.8 Å². The van der Waals surface area contributed by atoms with Crippen LogP contribution in [0.5, 0.6) is 0 Å². The first-order valence-electron chi connectivity index (χ1n) is 6.51. The van der Waals surface area contributed by atoms with Gasteiger partial charge in [-0.3, -0.25) is 4.68 Å². The lowest BCUT2D eigenvalue weighted by Crippen LogP contribution is -2.22. The lowest BCUT2D eigenvalue weighted by molar-refractivity contribution is 0.560. The van der Waals surface area contributed by atoms with Gasteiger partial charge in [-0.15, -0.1) is 0 Å². The van der Waals surface area contributed by atoms with Crippen molar-refractivity contribution in [2.75, 3.05) is 5.32 Å². The number of aromatic nitrogens is 3. The molecule has 20 heavy (non-hydrogen) atoms. The van der Waals surface area contributed by atoms with E-state index in [1.807, 2.05) is 41.3 Å². The van der Waals surface area contributed by atoms with Crippen molar-refractivity contribution in [2.45, 2.75) is 19.5 Å². The van der Waals surface area contributed by atoms with Gasteiger partial charge < -0.3 is 5.32 Å². The largest absolute Gasteiger partial charge is 0.365 e. The summed E-state index contributed by atoms with van der Waals surface area (Å²) in [6, 6.07) is 10.3. The molecule has 0 aliphatic heterocycles. The van der Waals surface area contributed by atoms with Gasteiger partial charge in [0.05, 0.1) is 6.54 Å². The zero-order chi connectivity index (χ0) is 13.9. The molecule has 2 aromatic heterocycles. The molecule has 102 valence electrons. The summed E-state index contributed by atoms with van der Waals surface area (Å²) >= 11 is 3.58. The van der Waals surface area contributed by atoms with Crippen molar-refractivity contribution in [2.24, 2.45) is 0 Å². The predicted octanol–water partition coefficient (Wildman–Crippen LogP) is 3.69. The van der Waals surface area contributed by atoms with Crippen LogP contribution in [0.4, 0.5) is 5.82 Å². The molecule has 0 spiro atoms. The number of fused-ring (bicyclic) bond motifs is 1. The first-order valence-corrected chi connectivity index (χ1v) is 7.30. The zero-order valence-electron chi connectivity index (χ0n) is 11.1. The second kappa shape index (κ2) is 5.63. The molecule has 5 heteroatoms. The smallest absolute Gasteiger partial charge is 0.134 e. The van der Waals surface area contributed by atoms with E-state index in [4.69, 9.17) is 0 Å². The van der Waals surface area contributed by atoms with Crippen molar-refractivity contribution in [1.29, 1.82) is 0 Å². The summed E-state index contributed by atoms with van der Waals surface area (Å²) in [4.78, 5) is 4.46. The highest BCUT2D eigenvalue weighted by atomic mass is 79.9. The summed E-state index contributed by atoms with van der Waals surface area (Å²) in [5, 5.41) is 9.96. The maximum Gasteiger partial charge on any atom is 0.134 e. The van der Waals surface area contributed by atoms with E-state index in [0.29, 0.717) is 0 Å². The van der Waals surface area contributed by atoms with Crippen molar-refractivity contribution in [3.63, 3.8) is 0 Å². The SMILES string of the molecule is CC(Cn1cccn1)Nc1nccc2c(Br)cccc12. The molecule has 0 aliphatic carbocycles. The molecule has 0 fully saturated rings. The number of nitrogens with zero attached hydrogens (tertiary/aromatic N) is 3. The normalized spacial score (nSPS) is 12.5. The summed E-state index contributed by atoms with van der Waals surface area (Å²) in [5.41, 5.74) is 0. The minimum Gasteiger partial charge on any atom is -0.365 e. The highest BCUT2D eigenvalue weighted by Gasteiger charge is 2.08. The Morgan fingerprint density at radius 3 is 2.90 bits per heavy atom. The van der Waals surface area contributed by atoms with E-state index >= 15 is 0 Å². The number of nitrogens with one attached hydrogen (secondary N) is 1. The standard InChI is InChI=1S/C15H15BrN4/c1-11(10-20-9-3-7-18-20)19-15-13-4-2-5-14(16)12(13)6-8-17-15/h2-9,11H,10H2,1H3,(H,17,19). The van der Waals surface area contributed by atoms with Gasteiger partial charge in [0.1, 0.15) is 5.82 Å². The van der Waals surface area contributed by atoms with Crippen LogP contribution in [0, 0.1) is 0 Å². The van der Waals surface area contributed by atoms with E-state index in [2.05, 4.69) is 44.3 Å². The van der Waals surface area contributed by atoms with Crippen LogP contribution in [0.3, 0.4) is 0 Å². The van der Waals surface area contributed by atoms with Crippen molar-refractivity contribution in [3.05, 3.63) is 53.4 Å². The molecule has 1 unspecified atom stereocenters. The van der Waals surface area contributed by atoms with Gasteiger partial charge in [0, 0.05) is 39.9 Å². The monoisotopic (exact) mass is 330 g/mol. The van der Waals surface area contributed by atoms with Gasteiger partial charge in [-0.25, -0.2) is 4.98 Å². The molecule has 1 N–H and O–H groups in total. The fourth-order valence-corrected chi connectivity index (χ4v) is 2.75. The van der Waals surface area contributed by atoms with Crippen molar-refractivity contribution < 1.29 is 0 Å². The summed E-state index contributed by atoms with van der Waals surface area (Å²) in [5.74, 6) is 0.906. The van der Waals surface area contributed by atoms with Gasteiger partial charge in [-0.1, -0.05) is 28.1 Å². The van der Waals surface area contributed by atoms with E-state index in [1.54, 1.807) is 6.20 Å². The number of anilines is 1. The van der Waals surface area contributed by atoms with Crippen LogP contribution in [0.25, 0.3) is 10.8 Å². The Morgan fingerprint density at radius 1 is 1.20 bits per heavy atom. The molecule has 4 nitrogen and oxygen atoms in total. The molecule has 3 rings (SSSR count). The predicted molar refractivity (Wildman–Crippen MR) is 84.8 cm³/mol. The quantitative estimate of drug-likeness (QED) is 0.793. The molecule has 1 atom stereocenters. The van der Waals surface area contributed by atoms with Crippen LogP contribution in [0.1, 0.15) is 6.92 Å². The first-order chi connectivity index (χ1) is 9.74. The van der Waals surface area contributed by atoms with Gasteiger partial charge in [-0.05, 0) is 25.1 Å². The Balaban J connectivity index is 1.85. The Hall–Kier alpha value is -1.88. The highest BCUT2D eigenvalue weighted by molar-refractivity contribution is 9.10. The maximum atomic E-state index is 4.46. The van der Waals surface area contributed by atoms with Gasteiger partial charge in [0.25, 0.3) is 0 Å². The number of hydrogen-bond acceptors (Lipinski definition) is 3. The van der Waals surface area contributed by atoms with Crippen LogP contribution in [0.15, 0.2) is 53.4 Å². The molecule has 0 saturated carbocycles. The number of hydrogen-bond donors (Lipinski definition) is 1. The highest BCUT2D eigenvalue weighted by Crippen LogP contribution is 2.27. The molecule has 2 heterocycles. The Kier molecular flexibility index (Phi) is 3.69. The molecular formula is C15H15BrN4. The van der Waals surface area contributed by atoms with Gasteiger partial charge in [0.15, 0.2) is 0 Å². The molecule has 3 aromatic rings. The summed E-state index contributed by atoms with van der Waals surface area (Å²) in [6.45, 7) is 2.93. The van der Waals surface area contributed by atoms with Gasteiger partial charge in [0.2, 0.25) is 0 Å². The Morgan fingerprint density at radius 2 is 2.10 bits per heavy atom. The van der Waals surface area contributed by atoms with Crippen molar-refractivity contribution in [3.8, 4) is 0 Å². The minimum atomic E-state index is 0.243. The van der Waals surface area contributed by atoms with Crippen LogP contribution in [-0.2, 0) is 6.54 Å².